The van der Waals surface area contributed by atoms with Gasteiger partial charge in [0.25, 0.3) is 0 Å². The van der Waals surface area contributed by atoms with Crippen molar-refractivity contribution in [2.45, 2.75) is 44.1 Å². The predicted octanol–water partition coefficient (Wildman–Crippen LogP) is 2.13. The molecular weight excluding hydrogens is 225 g/mol. The van der Waals surface area contributed by atoms with Gasteiger partial charge in [-0.3, -0.25) is 0 Å². The Kier molecular flexibility index (Phi) is 7.70. The molecule has 0 aromatic carbocycles. The normalized spacial score (nSPS) is 16.1. The molecular formula is C10H19F3O3. The standard InChI is InChI=1S/C10H19F3O3/c1-15-7-5-3-4-6-8(16-2)9(14)10(11,12)13/h8-9,14H,3-7H2,1-2H3/t8-,9-/m0/s1. The Bertz CT molecular complexity index is 173. The first-order chi connectivity index (χ1) is 7.43. The molecule has 0 fully saturated rings. The molecule has 0 radical (unpaired) electrons. The van der Waals surface area contributed by atoms with E-state index >= 15 is 0 Å². The molecule has 0 aliphatic carbocycles. The fraction of sp³-hybridized carbons (Fsp3) is 1.00. The van der Waals surface area contributed by atoms with Crippen LogP contribution in [0.1, 0.15) is 25.7 Å². The van der Waals surface area contributed by atoms with Gasteiger partial charge in [-0.05, 0) is 12.8 Å². The summed E-state index contributed by atoms with van der Waals surface area (Å²) in [5.41, 5.74) is 0. The number of ether oxygens (including phenoxy) is 2. The summed E-state index contributed by atoms with van der Waals surface area (Å²) < 4.78 is 46.0. The maximum Gasteiger partial charge on any atom is 0.416 e. The second-order valence-corrected chi connectivity index (χ2v) is 3.60. The van der Waals surface area contributed by atoms with Crippen molar-refractivity contribution in [3.05, 3.63) is 0 Å². The molecule has 2 atom stereocenters. The molecule has 0 rings (SSSR count). The van der Waals surface area contributed by atoms with E-state index in [1.807, 2.05) is 0 Å². The first kappa shape index (κ1) is 15.7. The van der Waals surface area contributed by atoms with Crippen LogP contribution in [-0.4, -0.2) is 44.3 Å². The molecule has 6 heteroatoms. The van der Waals surface area contributed by atoms with Gasteiger partial charge in [0.05, 0.1) is 6.10 Å². The van der Waals surface area contributed by atoms with E-state index in [2.05, 4.69) is 4.74 Å². The van der Waals surface area contributed by atoms with Gasteiger partial charge in [0.2, 0.25) is 0 Å². The average Bonchev–Trinajstić information content (AvgIpc) is 2.21. The van der Waals surface area contributed by atoms with Crippen LogP contribution in [0.25, 0.3) is 0 Å². The molecule has 0 amide bonds. The summed E-state index contributed by atoms with van der Waals surface area (Å²) in [5, 5.41) is 8.97. The maximum absolute atomic E-state index is 12.2. The summed E-state index contributed by atoms with van der Waals surface area (Å²) in [6.07, 6.45) is -5.86. The smallest absolute Gasteiger partial charge is 0.385 e. The highest BCUT2D eigenvalue weighted by atomic mass is 19.4. The van der Waals surface area contributed by atoms with Crippen molar-refractivity contribution >= 4 is 0 Å². The van der Waals surface area contributed by atoms with Crippen LogP contribution in [0.4, 0.5) is 13.2 Å². The van der Waals surface area contributed by atoms with Crippen molar-refractivity contribution in [3.8, 4) is 0 Å². The van der Waals surface area contributed by atoms with E-state index in [0.29, 0.717) is 13.0 Å². The molecule has 0 aromatic heterocycles. The summed E-state index contributed by atoms with van der Waals surface area (Å²) in [5.74, 6) is 0. The molecule has 98 valence electrons. The average molecular weight is 244 g/mol. The number of hydrogen-bond donors (Lipinski definition) is 1. The van der Waals surface area contributed by atoms with Crippen LogP contribution in [0, 0.1) is 0 Å². The van der Waals surface area contributed by atoms with Crippen molar-refractivity contribution in [3.63, 3.8) is 0 Å². The van der Waals surface area contributed by atoms with E-state index < -0.39 is 18.4 Å². The number of methoxy groups -OCH3 is 2. The number of aliphatic hydroxyl groups excluding tert-OH is 1. The molecule has 0 unspecified atom stereocenters. The Morgan fingerprint density at radius 3 is 2.19 bits per heavy atom. The Balaban J connectivity index is 3.83. The second-order valence-electron chi connectivity index (χ2n) is 3.60. The first-order valence-corrected chi connectivity index (χ1v) is 5.20. The van der Waals surface area contributed by atoms with Crippen LogP contribution >= 0.6 is 0 Å². The van der Waals surface area contributed by atoms with Gasteiger partial charge >= 0.3 is 6.18 Å². The number of halogens is 3. The zero-order valence-electron chi connectivity index (χ0n) is 9.59. The third-order valence-electron chi connectivity index (χ3n) is 2.33. The van der Waals surface area contributed by atoms with Gasteiger partial charge in [0, 0.05) is 20.8 Å². The minimum absolute atomic E-state index is 0.195. The van der Waals surface area contributed by atoms with Crippen LogP contribution in [0.3, 0.4) is 0 Å². The Morgan fingerprint density at radius 2 is 1.75 bits per heavy atom. The molecule has 0 saturated carbocycles. The molecule has 0 aliphatic rings. The van der Waals surface area contributed by atoms with E-state index in [0.717, 1.165) is 12.8 Å². The van der Waals surface area contributed by atoms with Gasteiger partial charge in [-0.25, -0.2) is 0 Å². The number of unbranched alkanes of at least 4 members (excludes halogenated alkanes) is 2. The lowest BCUT2D eigenvalue weighted by atomic mass is 10.1. The molecule has 0 heterocycles. The SMILES string of the molecule is COCCCCC[C@H](OC)[C@H](O)C(F)(F)F. The molecule has 0 spiro atoms. The third kappa shape index (κ3) is 6.30. The summed E-state index contributed by atoms with van der Waals surface area (Å²) in [6, 6.07) is 0. The Morgan fingerprint density at radius 1 is 1.12 bits per heavy atom. The fourth-order valence-electron chi connectivity index (χ4n) is 1.38. The summed E-state index contributed by atoms with van der Waals surface area (Å²) >= 11 is 0. The molecule has 0 aliphatic heterocycles. The highest BCUT2D eigenvalue weighted by Crippen LogP contribution is 2.25. The van der Waals surface area contributed by atoms with E-state index in [9.17, 15) is 13.2 Å². The number of hydrogen-bond acceptors (Lipinski definition) is 3. The zero-order valence-corrected chi connectivity index (χ0v) is 9.59. The van der Waals surface area contributed by atoms with Gasteiger partial charge in [-0.15, -0.1) is 0 Å². The van der Waals surface area contributed by atoms with Crippen LogP contribution in [0.15, 0.2) is 0 Å². The molecule has 3 nitrogen and oxygen atoms in total. The van der Waals surface area contributed by atoms with E-state index in [1.54, 1.807) is 7.11 Å². The lowest BCUT2D eigenvalue weighted by Gasteiger charge is -2.23. The van der Waals surface area contributed by atoms with Gasteiger partial charge in [-0.2, -0.15) is 13.2 Å². The largest absolute Gasteiger partial charge is 0.416 e. The van der Waals surface area contributed by atoms with Gasteiger partial charge in [0.1, 0.15) is 0 Å². The Hall–Kier alpha value is -0.330. The monoisotopic (exact) mass is 244 g/mol. The quantitative estimate of drug-likeness (QED) is 0.665. The summed E-state index contributed by atoms with van der Waals surface area (Å²) in [4.78, 5) is 0. The van der Waals surface area contributed by atoms with Gasteiger partial charge in [-0.1, -0.05) is 12.8 Å². The van der Waals surface area contributed by atoms with Crippen molar-refractivity contribution in [1.29, 1.82) is 0 Å². The van der Waals surface area contributed by atoms with E-state index in [-0.39, 0.29) is 6.42 Å². The molecule has 0 bridgehead atoms. The van der Waals surface area contributed by atoms with Gasteiger partial charge < -0.3 is 14.6 Å². The predicted molar refractivity (Wildman–Crippen MR) is 53.2 cm³/mol. The number of alkyl halides is 3. The van der Waals surface area contributed by atoms with E-state index in [4.69, 9.17) is 9.84 Å². The van der Waals surface area contributed by atoms with Crippen LogP contribution in [-0.2, 0) is 9.47 Å². The van der Waals surface area contributed by atoms with Crippen molar-refractivity contribution in [2.24, 2.45) is 0 Å². The maximum atomic E-state index is 12.2. The summed E-state index contributed by atoms with van der Waals surface area (Å²) in [6.45, 7) is 0.597. The number of aliphatic hydroxyl groups is 1. The van der Waals surface area contributed by atoms with Crippen molar-refractivity contribution in [2.75, 3.05) is 20.8 Å². The summed E-state index contributed by atoms with van der Waals surface area (Å²) in [7, 11) is 2.75. The molecule has 0 aromatic rings. The van der Waals surface area contributed by atoms with Crippen molar-refractivity contribution < 1.29 is 27.8 Å². The Labute approximate surface area is 93.5 Å². The minimum atomic E-state index is -4.62. The molecule has 0 saturated heterocycles. The third-order valence-corrected chi connectivity index (χ3v) is 2.33. The van der Waals surface area contributed by atoms with E-state index in [1.165, 1.54) is 7.11 Å². The highest BCUT2D eigenvalue weighted by Gasteiger charge is 2.43. The zero-order chi connectivity index (χ0) is 12.6. The highest BCUT2D eigenvalue weighted by molar-refractivity contribution is 4.75. The van der Waals surface area contributed by atoms with Crippen molar-refractivity contribution in [1.82, 2.24) is 0 Å². The van der Waals surface area contributed by atoms with Crippen LogP contribution in [0.5, 0.6) is 0 Å². The molecule has 16 heavy (non-hydrogen) atoms. The number of rotatable bonds is 8. The topological polar surface area (TPSA) is 38.7 Å². The van der Waals surface area contributed by atoms with Crippen LogP contribution < -0.4 is 0 Å². The first-order valence-electron chi connectivity index (χ1n) is 5.20. The lowest BCUT2D eigenvalue weighted by Crippen LogP contribution is -2.40. The minimum Gasteiger partial charge on any atom is -0.385 e. The van der Waals surface area contributed by atoms with Crippen LogP contribution in [0.2, 0.25) is 0 Å². The fourth-order valence-corrected chi connectivity index (χ4v) is 1.38. The van der Waals surface area contributed by atoms with Gasteiger partial charge in [0.15, 0.2) is 6.10 Å². The second kappa shape index (κ2) is 7.86. The molecule has 1 N–H and O–H groups in total. The lowest BCUT2D eigenvalue weighted by molar-refractivity contribution is -0.234.